The molecule has 0 aromatic carbocycles. The molecule has 0 atom stereocenters. The summed E-state index contributed by atoms with van der Waals surface area (Å²) in [4.78, 5) is 11.5. The topological polar surface area (TPSA) is 49.3 Å². The first-order valence-electron chi connectivity index (χ1n) is 6.05. The normalized spacial score (nSPS) is 11.5. The number of rotatable bonds is 8. The van der Waals surface area contributed by atoms with Crippen molar-refractivity contribution in [3.63, 3.8) is 0 Å². The number of aliphatic hydroxyl groups is 1. The predicted molar refractivity (Wildman–Crippen MR) is 79.3 cm³/mol. The summed E-state index contributed by atoms with van der Waals surface area (Å²) in [5.74, 6) is 1.64. The Bertz CT molecular complexity index is 344. The fourth-order valence-electron chi connectivity index (χ4n) is 1.37. The highest BCUT2D eigenvalue weighted by Crippen LogP contribution is 2.11. The maximum Gasteiger partial charge on any atom is 0.220 e. The summed E-state index contributed by atoms with van der Waals surface area (Å²) >= 11 is 3.31. The van der Waals surface area contributed by atoms with E-state index in [1.807, 2.05) is 5.38 Å². The van der Waals surface area contributed by atoms with Gasteiger partial charge in [-0.25, -0.2) is 0 Å². The largest absolute Gasteiger partial charge is 0.390 e. The van der Waals surface area contributed by atoms with Crippen molar-refractivity contribution in [3.05, 3.63) is 22.4 Å². The molecule has 18 heavy (non-hydrogen) atoms. The summed E-state index contributed by atoms with van der Waals surface area (Å²) in [6.07, 6.45) is 1.36. The van der Waals surface area contributed by atoms with E-state index in [4.69, 9.17) is 0 Å². The van der Waals surface area contributed by atoms with E-state index in [-0.39, 0.29) is 5.91 Å². The van der Waals surface area contributed by atoms with Crippen LogP contribution in [0.4, 0.5) is 0 Å². The van der Waals surface area contributed by atoms with Crippen molar-refractivity contribution in [2.75, 3.05) is 18.1 Å². The lowest BCUT2D eigenvalue weighted by molar-refractivity contribution is -0.120. The number of hydrogen-bond acceptors (Lipinski definition) is 4. The van der Waals surface area contributed by atoms with E-state index in [1.54, 1.807) is 36.9 Å². The number of amides is 1. The molecule has 5 heteroatoms. The van der Waals surface area contributed by atoms with Gasteiger partial charge < -0.3 is 10.4 Å². The second kappa shape index (κ2) is 7.81. The van der Waals surface area contributed by atoms with Gasteiger partial charge in [0.2, 0.25) is 5.91 Å². The number of aryl methyl sites for hydroxylation is 1. The Kier molecular flexibility index (Phi) is 6.75. The van der Waals surface area contributed by atoms with E-state index in [0.717, 1.165) is 12.2 Å². The summed E-state index contributed by atoms with van der Waals surface area (Å²) in [5, 5.41) is 16.5. The number of nitrogens with one attached hydrogen (secondary N) is 1. The molecule has 102 valence electrons. The van der Waals surface area contributed by atoms with E-state index in [9.17, 15) is 9.90 Å². The Morgan fingerprint density at radius 1 is 1.56 bits per heavy atom. The number of carbonyl (C=O) groups is 1. The molecule has 3 nitrogen and oxygen atoms in total. The molecule has 0 radical (unpaired) electrons. The molecule has 0 aliphatic rings. The van der Waals surface area contributed by atoms with Crippen LogP contribution in [-0.2, 0) is 11.2 Å². The van der Waals surface area contributed by atoms with Crippen LogP contribution in [0, 0.1) is 0 Å². The van der Waals surface area contributed by atoms with Crippen molar-refractivity contribution in [2.24, 2.45) is 0 Å². The van der Waals surface area contributed by atoms with Gasteiger partial charge in [0.05, 0.1) is 5.60 Å². The first kappa shape index (κ1) is 15.5. The molecule has 0 aliphatic heterocycles. The average molecular weight is 287 g/mol. The quantitative estimate of drug-likeness (QED) is 0.721. The van der Waals surface area contributed by atoms with Gasteiger partial charge in [0.25, 0.3) is 0 Å². The molecule has 0 aliphatic carbocycles. The van der Waals surface area contributed by atoms with Crippen LogP contribution in [0.5, 0.6) is 0 Å². The van der Waals surface area contributed by atoms with E-state index in [0.29, 0.717) is 18.7 Å². The smallest absolute Gasteiger partial charge is 0.220 e. The van der Waals surface area contributed by atoms with Crippen LogP contribution in [0.25, 0.3) is 0 Å². The lowest BCUT2D eigenvalue weighted by atomic mass is 10.2. The molecule has 0 bridgehead atoms. The highest BCUT2D eigenvalue weighted by atomic mass is 32.2. The second-order valence-electron chi connectivity index (χ2n) is 4.85. The van der Waals surface area contributed by atoms with Crippen LogP contribution in [0.1, 0.15) is 25.8 Å². The zero-order valence-corrected chi connectivity index (χ0v) is 12.6. The third kappa shape index (κ3) is 7.74. The van der Waals surface area contributed by atoms with Gasteiger partial charge in [-0.3, -0.25) is 4.79 Å². The summed E-state index contributed by atoms with van der Waals surface area (Å²) in [5.41, 5.74) is 0.597. The molecule has 1 amide bonds. The van der Waals surface area contributed by atoms with Gasteiger partial charge in [-0.05, 0) is 42.7 Å². The minimum Gasteiger partial charge on any atom is -0.390 e. The summed E-state index contributed by atoms with van der Waals surface area (Å²) in [7, 11) is 0. The number of thiophene rings is 1. The van der Waals surface area contributed by atoms with Gasteiger partial charge in [0.15, 0.2) is 0 Å². The zero-order chi connectivity index (χ0) is 13.4. The Hall–Kier alpha value is -0.520. The molecule has 0 fully saturated rings. The van der Waals surface area contributed by atoms with Gasteiger partial charge >= 0.3 is 0 Å². The molecule has 1 heterocycles. The molecule has 0 unspecified atom stereocenters. The van der Waals surface area contributed by atoms with Crippen molar-refractivity contribution in [1.82, 2.24) is 5.32 Å². The van der Waals surface area contributed by atoms with Crippen LogP contribution in [0.2, 0.25) is 0 Å². The molecule has 0 spiro atoms. The fraction of sp³-hybridized carbons (Fsp3) is 0.615. The maximum absolute atomic E-state index is 11.5. The molecule has 2 N–H and O–H groups in total. The third-order valence-electron chi connectivity index (χ3n) is 2.24. The molecule has 0 saturated heterocycles. The molecule has 0 saturated carbocycles. The van der Waals surface area contributed by atoms with Gasteiger partial charge in [-0.2, -0.15) is 23.1 Å². The van der Waals surface area contributed by atoms with Gasteiger partial charge in [-0.15, -0.1) is 0 Å². The Morgan fingerprint density at radius 3 is 2.94 bits per heavy atom. The first-order chi connectivity index (χ1) is 8.47. The van der Waals surface area contributed by atoms with Crippen molar-refractivity contribution in [3.8, 4) is 0 Å². The minimum atomic E-state index is -0.631. The van der Waals surface area contributed by atoms with Crippen LogP contribution in [-0.4, -0.2) is 34.7 Å². The summed E-state index contributed by atoms with van der Waals surface area (Å²) < 4.78 is 0. The van der Waals surface area contributed by atoms with Crippen molar-refractivity contribution in [2.45, 2.75) is 32.3 Å². The SMILES string of the molecule is CC(C)(O)CSCCNC(=O)CCc1ccsc1. The van der Waals surface area contributed by atoms with Gasteiger partial charge in [-0.1, -0.05) is 0 Å². The van der Waals surface area contributed by atoms with E-state index >= 15 is 0 Å². The fourth-order valence-corrected chi connectivity index (χ4v) is 2.96. The summed E-state index contributed by atoms with van der Waals surface area (Å²) in [6, 6.07) is 2.05. The van der Waals surface area contributed by atoms with E-state index in [1.165, 1.54) is 5.56 Å². The van der Waals surface area contributed by atoms with Crippen LogP contribution in [0.15, 0.2) is 16.8 Å². The molecule has 1 rings (SSSR count). The minimum absolute atomic E-state index is 0.102. The number of thioether (sulfide) groups is 1. The molecular weight excluding hydrogens is 266 g/mol. The Labute approximate surface area is 117 Å². The summed E-state index contributed by atoms with van der Waals surface area (Å²) in [6.45, 7) is 4.25. The van der Waals surface area contributed by atoms with Crippen LogP contribution >= 0.6 is 23.1 Å². The van der Waals surface area contributed by atoms with Crippen LogP contribution < -0.4 is 5.32 Å². The monoisotopic (exact) mass is 287 g/mol. The standard InChI is InChI=1S/C13H21NO2S2/c1-13(2,16)10-18-8-6-14-12(15)4-3-11-5-7-17-9-11/h5,7,9,16H,3-4,6,8,10H2,1-2H3,(H,14,15). The lowest BCUT2D eigenvalue weighted by Crippen LogP contribution is -2.27. The van der Waals surface area contributed by atoms with Gasteiger partial charge in [0, 0.05) is 24.5 Å². The predicted octanol–water partition coefficient (Wildman–Crippen LogP) is 2.30. The Morgan fingerprint density at radius 2 is 2.33 bits per heavy atom. The van der Waals surface area contributed by atoms with Crippen molar-refractivity contribution in [1.29, 1.82) is 0 Å². The molecule has 1 aromatic rings. The highest BCUT2D eigenvalue weighted by Gasteiger charge is 2.11. The molecule has 1 aromatic heterocycles. The van der Waals surface area contributed by atoms with Crippen molar-refractivity contribution < 1.29 is 9.90 Å². The van der Waals surface area contributed by atoms with Crippen LogP contribution in [0.3, 0.4) is 0 Å². The zero-order valence-electron chi connectivity index (χ0n) is 10.9. The Balaban J connectivity index is 2.00. The second-order valence-corrected chi connectivity index (χ2v) is 6.73. The first-order valence-corrected chi connectivity index (χ1v) is 8.15. The maximum atomic E-state index is 11.5. The number of hydrogen-bond donors (Lipinski definition) is 2. The third-order valence-corrected chi connectivity index (χ3v) is 4.38. The highest BCUT2D eigenvalue weighted by molar-refractivity contribution is 7.99. The van der Waals surface area contributed by atoms with E-state index in [2.05, 4.69) is 16.8 Å². The number of carbonyl (C=O) groups excluding carboxylic acids is 1. The molecular formula is C13H21NO2S2. The lowest BCUT2D eigenvalue weighted by Gasteiger charge is -2.16. The van der Waals surface area contributed by atoms with Gasteiger partial charge in [0.1, 0.15) is 0 Å². The van der Waals surface area contributed by atoms with E-state index < -0.39 is 5.60 Å². The van der Waals surface area contributed by atoms with Crippen molar-refractivity contribution >= 4 is 29.0 Å². The average Bonchev–Trinajstić information content (AvgIpc) is 2.77.